The van der Waals surface area contributed by atoms with Crippen LogP contribution >= 0.6 is 0 Å². The summed E-state index contributed by atoms with van der Waals surface area (Å²) in [4.78, 5) is 106. The lowest BCUT2D eigenvalue weighted by molar-refractivity contribution is -0.139. The molecule has 0 spiro atoms. The van der Waals surface area contributed by atoms with Gasteiger partial charge in [-0.05, 0) is 99.9 Å². The maximum atomic E-state index is 13.8. The minimum absolute atomic E-state index is 0. The Labute approximate surface area is 512 Å². The Morgan fingerprint density at radius 1 is 0.540 bits per heavy atom. The number of Topliss-reactive ketones (excluding diaryl/α,β-unsaturated/α-hetero) is 4. The second-order valence-corrected chi connectivity index (χ2v) is 22.4. The van der Waals surface area contributed by atoms with Crippen molar-refractivity contribution in [1.29, 1.82) is 0 Å². The summed E-state index contributed by atoms with van der Waals surface area (Å²) in [6.07, 6.45) is 1.17. The zero-order chi connectivity index (χ0) is 61.5. The molecule has 87 heavy (non-hydrogen) atoms. The van der Waals surface area contributed by atoms with Gasteiger partial charge in [0.2, 0.25) is 17.7 Å². The van der Waals surface area contributed by atoms with Crippen molar-refractivity contribution in [1.82, 2.24) is 25.8 Å². The highest BCUT2D eigenvalue weighted by Crippen LogP contribution is 2.31. The number of nitrogens with one attached hydrogen (secondary N) is 3. The summed E-state index contributed by atoms with van der Waals surface area (Å²) >= 11 is 0. The fourth-order valence-electron chi connectivity index (χ4n) is 9.67. The van der Waals surface area contributed by atoms with Crippen molar-refractivity contribution in [2.75, 3.05) is 93.1 Å². The molecule has 4 fully saturated rings. The SMILES string of the molecule is C.C.COc1ccc(CC(CC(=O)[C@H](C)N)C(=O)NC(Cc2ccccc2)C(=O)[C@@]2(C)CO2)cc1.COc1ccc(CC(CC(=O)[C@H](C)NC(=O)CN2CCOCC2)C(=O)NC(Cc2ccccc2)C(=O)[C@@]2(C)CO2)cc1.O=C(O)CN1CCOCC1. The molecular weight excluding hydrogens is 1120 g/mol. The van der Waals surface area contributed by atoms with Crippen molar-refractivity contribution < 1.29 is 71.9 Å². The van der Waals surface area contributed by atoms with Crippen molar-refractivity contribution in [3.63, 3.8) is 0 Å². The van der Waals surface area contributed by atoms with Gasteiger partial charge in [-0.1, -0.05) is 99.8 Å². The molecule has 0 bridgehead atoms. The molecule has 4 saturated heterocycles. The lowest BCUT2D eigenvalue weighted by atomic mass is 9.89. The van der Waals surface area contributed by atoms with Gasteiger partial charge in [0, 0.05) is 50.9 Å². The number of morpholine rings is 2. The number of nitrogens with zero attached hydrogens (tertiary/aromatic N) is 2. The first-order valence-corrected chi connectivity index (χ1v) is 28.9. The standard InChI is InChI=1S/C32H41N3O7.C26H32N2O5.C6H11NO3.2CH4/c1-22(33-29(37)20-35-13-15-41-16-14-35)28(36)19-25(17-24-9-11-26(40-3)12-10-24)31(39)34-27(30(38)32(2)21-42-32)18-23-7-5-4-6-8-23;1-17(27)23(29)15-20(13-19-9-11-21(32-3)12-10-19)25(31)28-22(24(30)26(2)16-33-26)14-18-7-5-4-6-8-18;8-6(9)5-7-1-3-10-4-2-7;;/h4-12,22,25,27H,13-21H2,1-3H3,(H,33,37)(H,34,39);4-12,17,20,22H,13-16,27H2,1-3H3,(H,28,31);1-5H2,(H,8,9);2*1H4/t22-,25?,27?,32+;17-,20?,22?,26+;;;/m00.../s1. The number of hydrogen-bond donors (Lipinski definition) is 5. The van der Waals surface area contributed by atoms with Crippen molar-refractivity contribution in [2.24, 2.45) is 17.6 Å². The molecule has 0 radical (unpaired) electrons. The summed E-state index contributed by atoms with van der Waals surface area (Å²) in [6.45, 7) is 12.9. The Hall–Kier alpha value is -7.24. The monoisotopic (exact) mass is 1210 g/mol. The number of nitrogens with two attached hydrogens (primary N) is 1. The van der Waals surface area contributed by atoms with Crippen LogP contribution in [0.25, 0.3) is 0 Å². The van der Waals surface area contributed by atoms with E-state index in [9.17, 15) is 38.4 Å². The molecule has 0 aliphatic carbocycles. The van der Waals surface area contributed by atoms with E-state index < -0.39 is 59.1 Å². The van der Waals surface area contributed by atoms with Crippen molar-refractivity contribution in [2.45, 2.75) is 116 Å². The highest BCUT2D eigenvalue weighted by molar-refractivity contribution is 5.99. The van der Waals surface area contributed by atoms with Gasteiger partial charge in [0.15, 0.2) is 17.3 Å². The molecule has 21 heteroatoms. The number of ketones is 4. The molecule has 21 nitrogen and oxygen atoms in total. The normalized spacial score (nSPS) is 19.8. The minimum atomic E-state index is -0.923. The van der Waals surface area contributed by atoms with E-state index >= 15 is 0 Å². The largest absolute Gasteiger partial charge is 0.497 e. The molecule has 8 atom stereocenters. The molecule has 4 aromatic carbocycles. The number of methoxy groups -OCH3 is 2. The number of ether oxygens (including phenoxy) is 6. The maximum Gasteiger partial charge on any atom is 0.317 e. The third-order valence-electron chi connectivity index (χ3n) is 15.2. The number of epoxide rings is 2. The first-order valence-electron chi connectivity index (χ1n) is 28.9. The van der Waals surface area contributed by atoms with Crippen molar-refractivity contribution in [3.05, 3.63) is 131 Å². The molecule has 0 saturated carbocycles. The lowest BCUT2D eigenvalue weighted by Crippen LogP contribution is -2.50. The number of carboxylic acid groups (broad SMARTS) is 1. The van der Waals surface area contributed by atoms with Gasteiger partial charge in [-0.15, -0.1) is 0 Å². The molecule has 4 aliphatic heterocycles. The van der Waals surface area contributed by atoms with Crippen LogP contribution in [-0.4, -0.2) is 190 Å². The second kappa shape index (κ2) is 35.5. The summed E-state index contributed by atoms with van der Waals surface area (Å²) in [6, 6.07) is 30.6. The van der Waals surface area contributed by atoms with Gasteiger partial charge in [0.1, 0.15) is 28.5 Å². The summed E-state index contributed by atoms with van der Waals surface area (Å²) in [5.74, 6) is -2.62. The molecular formula is C66H92N6O15. The van der Waals surface area contributed by atoms with Crippen LogP contribution in [0.5, 0.6) is 11.5 Å². The first-order chi connectivity index (χ1) is 40.7. The minimum Gasteiger partial charge on any atom is -0.497 e. The summed E-state index contributed by atoms with van der Waals surface area (Å²) < 4.78 is 31.6. The van der Waals surface area contributed by atoms with Crippen LogP contribution < -0.4 is 31.2 Å². The fourth-order valence-corrected chi connectivity index (χ4v) is 9.67. The number of rotatable bonds is 29. The van der Waals surface area contributed by atoms with Crippen LogP contribution in [0.4, 0.5) is 0 Å². The Balaban J connectivity index is 0.000000320. The third-order valence-corrected chi connectivity index (χ3v) is 15.2. The Morgan fingerprint density at radius 2 is 0.897 bits per heavy atom. The van der Waals surface area contributed by atoms with Gasteiger partial charge in [-0.3, -0.25) is 48.2 Å². The molecule has 4 aromatic rings. The fraction of sp³-hybridized carbons (Fsp3) is 0.515. The Morgan fingerprint density at radius 3 is 1.24 bits per heavy atom. The van der Waals surface area contributed by atoms with E-state index in [0.717, 1.165) is 35.3 Å². The van der Waals surface area contributed by atoms with E-state index in [1.807, 2.05) is 107 Å². The second-order valence-electron chi connectivity index (χ2n) is 22.4. The number of carbonyl (C=O) groups is 8. The average Bonchev–Trinajstić information content (AvgIpc) is 2.59. The number of carbonyl (C=O) groups excluding carboxylic acids is 7. The van der Waals surface area contributed by atoms with Crippen molar-refractivity contribution >= 4 is 46.8 Å². The topological polar surface area (TPSA) is 287 Å². The zero-order valence-electron chi connectivity index (χ0n) is 49.7. The van der Waals surface area contributed by atoms with Gasteiger partial charge < -0.3 is 55.2 Å². The Bertz CT molecular complexity index is 2820. The molecule has 8 rings (SSSR count). The number of benzene rings is 4. The van der Waals surface area contributed by atoms with Crippen LogP contribution in [0.3, 0.4) is 0 Å². The van der Waals surface area contributed by atoms with E-state index in [2.05, 4.69) is 16.0 Å². The van der Waals surface area contributed by atoms with Gasteiger partial charge in [-0.2, -0.15) is 0 Å². The molecule has 6 N–H and O–H groups in total. The lowest BCUT2D eigenvalue weighted by Gasteiger charge is -2.27. The van der Waals surface area contributed by atoms with E-state index in [1.165, 1.54) is 0 Å². The van der Waals surface area contributed by atoms with Gasteiger partial charge in [-0.25, -0.2) is 0 Å². The molecule has 4 aliphatic rings. The predicted molar refractivity (Wildman–Crippen MR) is 329 cm³/mol. The van der Waals surface area contributed by atoms with Gasteiger partial charge in [0.05, 0.1) is 91.1 Å². The highest BCUT2D eigenvalue weighted by atomic mass is 16.6. The zero-order valence-corrected chi connectivity index (χ0v) is 49.7. The Kier molecular flexibility index (Phi) is 29.5. The van der Waals surface area contributed by atoms with Crippen LogP contribution in [0.2, 0.25) is 0 Å². The number of amides is 3. The number of carboxylic acids is 1. The summed E-state index contributed by atoms with van der Waals surface area (Å²) in [5, 5.41) is 17.0. The van der Waals surface area contributed by atoms with E-state index in [0.29, 0.717) is 83.5 Å². The van der Waals surface area contributed by atoms with Crippen LogP contribution in [0.15, 0.2) is 109 Å². The molecule has 476 valence electrons. The predicted octanol–water partition coefficient (Wildman–Crippen LogP) is 4.66. The molecule has 0 aromatic heterocycles. The van der Waals surface area contributed by atoms with E-state index in [4.69, 9.17) is 39.3 Å². The smallest absolute Gasteiger partial charge is 0.317 e. The van der Waals surface area contributed by atoms with Gasteiger partial charge in [0.25, 0.3) is 0 Å². The molecule has 3 amide bonds. The van der Waals surface area contributed by atoms with E-state index in [1.54, 1.807) is 54.0 Å². The average molecular weight is 1210 g/mol. The molecule has 4 heterocycles. The highest BCUT2D eigenvalue weighted by Gasteiger charge is 2.51. The van der Waals surface area contributed by atoms with Crippen LogP contribution in [-0.2, 0) is 83.0 Å². The first kappa shape index (κ1) is 72.2. The quantitative estimate of drug-likeness (QED) is 0.0462. The number of hydrogen-bond acceptors (Lipinski definition) is 17. The van der Waals surface area contributed by atoms with Gasteiger partial charge >= 0.3 is 5.97 Å². The molecule has 4 unspecified atom stereocenters. The van der Waals surface area contributed by atoms with Crippen LogP contribution in [0.1, 0.15) is 77.6 Å². The maximum absolute atomic E-state index is 13.8. The number of aliphatic carboxylic acids is 1. The van der Waals surface area contributed by atoms with Crippen LogP contribution in [0, 0.1) is 11.8 Å². The summed E-state index contributed by atoms with van der Waals surface area (Å²) in [7, 11) is 3.16. The van der Waals surface area contributed by atoms with Crippen molar-refractivity contribution in [3.8, 4) is 11.5 Å². The summed E-state index contributed by atoms with van der Waals surface area (Å²) in [5.41, 5.74) is 7.53. The van der Waals surface area contributed by atoms with E-state index in [-0.39, 0.29) is 82.2 Å². The third kappa shape index (κ3) is 24.1.